The number of amides is 3. The molecule has 0 atom stereocenters. The van der Waals surface area contributed by atoms with E-state index in [4.69, 9.17) is 4.74 Å². The van der Waals surface area contributed by atoms with Crippen LogP contribution in [0.3, 0.4) is 0 Å². The Labute approximate surface area is 187 Å². The van der Waals surface area contributed by atoms with Crippen molar-refractivity contribution in [1.82, 2.24) is 10.2 Å². The number of carbonyl (C=O) groups excluding carboxylic acids is 4. The van der Waals surface area contributed by atoms with Crippen molar-refractivity contribution in [3.63, 3.8) is 0 Å². The van der Waals surface area contributed by atoms with Crippen molar-refractivity contribution < 1.29 is 23.9 Å². The molecule has 1 N–H and O–H groups in total. The molecule has 168 valence electrons. The summed E-state index contributed by atoms with van der Waals surface area (Å²) in [5, 5.41) is 4.37. The van der Waals surface area contributed by atoms with Gasteiger partial charge in [-0.2, -0.15) is 0 Å². The summed E-state index contributed by atoms with van der Waals surface area (Å²) < 4.78 is 5.05. The topological polar surface area (TPSA) is 92.8 Å². The molecule has 2 aromatic carbocycles. The minimum absolute atomic E-state index is 0.0266. The number of nitrogens with one attached hydrogen (secondary N) is 1. The van der Waals surface area contributed by atoms with Crippen LogP contribution in [0.1, 0.15) is 65.7 Å². The smallest absolute Gasteiger partial charge is 0.306 e. The van der Waals surface area contributed by atoms with Crippen LogP contribution in [0, 0.1) is 5.92 Å². The lowest BCUT2D eigenvalue weighted by Gasteiger charge is -2.27. The van der Waals surface area contributed by atoms with Crippen LogP contribution in [0.2, 0.25) is 0 Å². The van der Waals surface area contributed by atoms with Gasteiger partial charge in [0.05, 0.1) is 0 Å². The van der Waals surface area contributed by atoms with Crippen LogP contribution in [0.5, 0.6) is 0 Å². The Hall–Kier alpha value is -3.22. The van der Waals surface area contributed by atoms with E-state index in [-0.39, 0.29) is 43.7 Å². The van der Waals surface area contributed by atoms with Crippen molar-refractivity contribution in [3.05, 3.63) is 47.5 Å². The molecule has 2 aliphatic rings. The molecule has 2 aromatic rings. The van der Waals surface area contributed by atoms with E-state index in [0.29, 0.717) is 29.0 Å². The highest BCUT2D eigenvalue weighted by Gasteiger charge is 2.32. The second-order valence-electron chi connectivity index (χ2n) is 8.54. The van der Waals surface area contributed by atoms with Crippen LogP contribution >= 0.6 is 0 Å². The van der Waals surface area contributed by atoms with Crippen LogP contribution in [-0.4, -0.2) is 48.3 Å². The van der Waals surface area contributed by atoms with Crippen LogP contribution in [0.25, 0.3) is 10.8 Å². The Balaban J connectivity index is 1.23. The summed E-state index contributed by atoms with van der Waals surface area (Å²) in [6.07, 6.45) is 6.24. The predicted octanol–water partition coefficient (Wildman–Crippen LogP) is 3.46. The van der Waals surface area contributed by atoms with Gasteiger partial charge in [0.25, 0.3) is 17.7 Å². The van der Waals surface area contributed by atoms with Crippen molar-refractivity contribution in [3.8, 4) is 0 Å². The molecule has 3 amide bonds. The van der Waals surface area contributed by atoms with E-state index in [1.165, 1.54) is 24.2 Å². The molecule has 0 spiro atoms. The number of hydrogen-bond donors (Lipinski definition) is 1. The van der Waals surface area contributed by atoms with Gasteiger partial charge in [0.15, 0.2) is 6.61 Å². The van der Waals surface area contributed by atoms with Gasteiger partial charge in [-0.1, -0.05) is 43.5 Å². The molecule has 7 nitrogen and oxygen atoms in total. The Morgan fingerprint density at radius 2 is 1.62 bits per heavy atom. The number of nitrogens with zero attached hydrogens (tertiary/aromatic N) is 1. The van der Waals surface area contributed by atoms with E-state index < -0.39 is 5.97 Å². The molecule has 0 unspecified atom stereocenters. The van der Waals surface area contributed by atoms with Crippen LogP contribution < -0.4 is 5.32 Å². The first-order valence-corrected chi connectivity index (χ1v) is 11.3. The molecule has 32 heavy (non-hydrogen) atoms. The molecule has 1 aliphatic carbocycles. The summed E-state index contributed by atoms with van der Waals surface area (Å²) in [4.78, 5) is 50.8. The maximum atomic E-state index is 12.8. The monoisotopic (exact) mass is 436 g/mol. The fourth-order valence-electron chi connectivity index (χ4n) is 4.58. The number of benzene rings is 2. The first kappa shape index (κ1) is 22.0. The zero-order valence-electron chi connectivity index (χ0n) is 18.1. The van der Waals surface area contributed by atoms with E-state index in [9.17, 15) is 19.2 Å². The zero-order valence-corrected chi connectivity index (χ0v) is 18.1. The first-order valence-electron chi connectivity index (χ1n) is 11.3. The lowest BCUT2D eigenvalue weighted by molar-refractivity contribution is -0.148. The van der Waals surface area contributed by atoms with E-state index in [1.54, 1.807) is 24.3 Å². The van der Waals surface area contributed by atoms with Gasteiger partial charge in [0.1, 0.15) is 0 Å². The van der Waals surface area contributed by atoms with E-state index in [1.807, 2.05) is 12.1 Å². The number of esters is 1. The summed E-state index contributed by atoms with van der Waals surface area (Å²) in [7, 11) is 0. The zero-order chi connectivity index (χ0) is 22.5. The van der Waals surface area contributed by atoms with Crippen molar-refractivity contribution in [2.75, 3.05) is 19.7 Å². The number of hydrogen-bond acceptors (Lipinski definition) is 5. The number of rotatable bonds is 8. The van der Waals surface area contributed by atoms with E-state index in [0.717, 1.165) is 18.2 Å². The average Bonchev–Trinajstić information content (AvgIpc) is 2.82. The molecule has 0 aromatic heterocycles. The molecule has 7 heteroatoms. The van der Waals surface area contributed by atoms with Gasteiger partial charge >= 0.3 is 5.97 Å². The fraction of sp³-hybridized carbons (Fsp3) is 0.440. The van der Waals surface area contributed by atoms with Gasteiger partial charge in [-0.05, 0) is 42.7 Å². The van der Waals surface area contributed by atoms with Crippen molar-refractivity contribution in [2.45, 2.75) is 44.9 Å². The number of ether oxygens (including phenoxy) is 1. The third kappa shape index (κ3) is 4.82. The second-order valence-corrected chi connectivity index (χ2v) is 8.54. The van der Waals surface area contributed by atoms with Crippen LogP contribution in [-0.2, 0) is 14.3 Å². The maximum absolute atomic E-state index is 12.8. The molecular formula is C25H28N2O5. The Bertz CT molecular complexity index is 991. The first-order chi connectivity index (χ1) is 15.5. The maximum Gasteiger partial charge on any atom is 0.306 e. The highest BCUT2D eigenvalue weighted by atomic mass is 16.5. The normalized spacial score (nSPS) is 16.3. The second kappa shape index (κ2) is 9.94. The third-order valence-corrected chi connectivity index (χ3v) is 6.30. The Kier molecular flexibility index (Phi) is 6.83. The van der Waals surface area contributed by atoms with Crippen molar-refractivity contribution >= 4 is 34.5 Å². The molecule has 1 aliphatic heterocycles. The summed E-state index contributed by atoms with van der Waals surface area (Å²) in [6, 6.07) is 10.8. The summed E-state index contributed by atoms with van der Waals surface area (Å²) in [6.45, 7) is 0.442. The minimum atomic E-state index is -0.516. The van der Waals surface area contributed by atoms with Crippen molar-refractivity contribution in [2.24, 2.45) is 5.92 Å². The third-order valence-electron chi connectivity index (χ3n) is 6.30. The molecule has 1 saturated carbocycles. The lowest BCUT2D eigenvalue weighted by Crippen LogP contribution is -2.41. The van der Waals surface area contributed by atoms with Gasteiger partial charge in [-0.25, -0.2) is 0 Å². The Morgan fingerprint density at radius 3 is 2.28 bits per heavy atom. The molecule has 1 fully saturated rings. The molecule has 0 bridgehead atoms. The Morgan fingerprint density at radius 1 is 0.969 bits per heavy atom. The number of carbonyl (C=O) groups is 4. The summed E-state index contributed by atoms with van der Waals surface area (Å²) in [5.74, 6) is -1.00. The van der Waals surface area contributed by atoms with Crippen molar-refractivity contribution in [1.29, 1.82) is 0 Å². The van der Waals surface area contributed by atoms with Gasteiger partial charge in [-0.15, -0.1) is 0 Å². The molecule has 4 rings (SSSR count). The summed E-state index contributed by atoms with van der Waals surface area (Å²) in [5.41, 5.74) is 0.991. The molecule has 0 saturated heterocycles. The van der Waals surface area contributed by atoms with Gasteiger partial charge in [0.2, 0.25) is 0 Å². The molecule has 1 heterocycles. The average molecular weight is 437 g/mol. The minimum Gasteiger partial charge on any atom is -0.456 e. The van der Waals surface area contributed by atoms with Gasteiger partial charge in [-0.3, -0.25) is 24.1 Å². The fourth-order valence-corrected chi connectivity index (χ4v) is 4.58. The van der Waals surface area contributed by atoms with E-state index in [2.05, 4.69) is 5.32 Å². The SMILES string of the molecule is O=C(COC(=O)CCCN1C(=O)c2cccc3cccc(c23)C1=O)NCC1CCCCC1. The van der Waals surface area contributed by atoms with E-state index >= 15 is 0 Å². The highest BCUT2D eigenvalue weighted by Crippen LogP contribution is 2.30. The standard InChI is InChI=1S/C25H28N2O5/c28-21(26-15-17-7-2-1-3-8-17)16-32-22(29)13-6-14-27-24(30)19-11-4-9-18-10-5-12-20(23(18)19)25(27)31/h4-5,9-12,17H,1-3,6-8,13-16H2,(H,26,28). The lowest BCUT2D eigenvalue weighted by atomic mass is 9.89. The largest absolute Gasteiger partial charge is 0.456 e. The molecular weight excluding hydrogens is 408 g/mol. The van der Waals surface area contributed by atoms with Gasteiger partial charge < -0.3 is 10.1 Å². The molecule has 0 radical (unpaired) electrons. The van der Waals surface area contributed by atoms with Crippen LogP contribution in [0.4, 0.5) is 0 Å². The predicted molar refractivity (Wildman–Crippen MR) is 119 cm³/mol. The number of imide groups is 1. The quantitative estimate of drug-likeness (QED) is 0.505. The summed E-state index contributed by atoms with van der Waals surface area (Å²) >= 11 is 0. The van der Waals surface area contributed by atoms with Gasteiger partial charge in [0, 0.05) is 36.0 Å². The highest BCUT2D eigenvalue weighted by molar-refractivity contribution is 6.25. The van der Waals surface area contributed by atoms with Crippen LogP contribution in [0.15, 0.2) is 36.4 Å².